The molecule has 9 rings (SSSR count). The predicted octanol–water partition coefficient (Wildman–Crippen LogP) is 11.6. The van der Waals surface area contributed by atoms with E-state index < -0.39 is 10.8 Å². The van der Waals surface area contributed by atoms with Crippen LogP contribution in [0.5, 0.6) is 23.0 Å². The highest BCUT2D eigenvalue weighted by atomic mass is 16.3. The molecule has 12 nitrogen and oxygen atoms in total. The normalized spacial score (nSPS) is 14.1. The van der Waals surface area contributed by atoms with Crippen LogP contribution >= 0.6 is 0 Å². The van der Waals surface area contributed by atoms with E-state index in [4.69, 9.17) is 34.4 Å². The number of nitrogens with two attached hydrogens (primary N) is 6. The number of nitrogen functional groups attached to an aromatic ring is 6. The monoisotopic (exact) mass is 975 g/mol. The molecule has 374 valence electrons. The van der Waals surface area contributed by atoms with E-state index in [9.17, 15) is 20.4 Å². The van der Waals surface area contributed by atoms with Crippen LogP contribution in [0.15, 0.2) is 170 Å². The maximum Gasteiger partial charge on any atom is 0.121 e. The number of anilines is 8. The van der Waals surface area contributed by atoms with Gasteiger partial charge in [-0.25, -0.2) is 0 Å². The van der Waals surface area contributed by atoms with E-state index in [-0.39, 0.29) is 28.4 Å². The largest absolute Gasteiger partial charge is 0.508 e. The summed E-state index contributed by atoms with van der Waals surface area (Å²) in [6.45, 7) is 0. The average Bonchev–Trinajstić information content (AvgIpc) is 3.37. The first-order chi connectivity index (χ1) is 35.2. The lowest BCUT2D eigenvalue weighted by atomic mass is 9.55. The molecule has 0 aliphatic heterocycles. The summed E-state index contributed by atoms with van der Waals surface area (Å²) >= 11 is 0. The minimum absolute atomic E-state index is 0.00824. The zero-order chi connectivity index (χ0) is 51.3. The summed E-state index contributed by atoms with van der Waals surface area (Å²) in [5.74, 6) is 0.0598. The molecule has 1 aliphatic rings. The molecule has 0 spiro atoms. The molecule has 0 atom stereocenters. The van der Waals surface area contributed by atoms with Crippen LogP contribution in [0.3, 0.4) is 0 Å². The Morgan fingerprint density at radius 3 is 1.03 bits per heavy atom. The van der Waals surface area contributed by atoms with Gasteiger partial charge in [-0.05, 0) is 159 Å². The first-order valence-corrected chi connectivity index (χ1v) is 24.9. The molecule has 0 radical (unpaired) electrons. The zero-order valence-electron chi connectivity index (χ0n) is 41.0. The molecule has 1 aliphatic carbocycles. The Kier molecular flexibility index (Phi) is 13.9. The van der Waals surface area contributed by atoms with Gasteiger partial charge in [-0.2, -0.15) is 0 Å². The molecule has 73 heavy (non-hydrogen) atoms. The molecule has 0 bridgehead atoms. The minimum Gasteiger partial charge on any atom is -0.508 e. The summed E-state index contributed by atoms with van der Waals surface area (Å²) in [5, 5.41) is 46.5. The highest BCUT2D eigenvalue weighted by Gasteiger charge is 2.50. The Hall–Kier alpha value is -8.64. The molecular formula is C61H66N8O4. The van der Waals surface area contributed by atoms with Crippen LogP contribution < -0.4 is 45.3 Å². The Balaban J connectivity index is 0.993. The van der Waals surface area contributed by atoms with Crippen molar-refractivity contribution in [3.8, 4) is 23.0 Å². The number of phenolic OH excluding ortho intramolecular Hbond substituents is 4. The summed E-state index contributed by atoms with van der Waals surface area (Å²) in [5.41, 5.74) is 53.5. The lowest BCUT2D eigenvalue weighted by Crippen LogP contribution is -2.41. The van der Waals surface area contributed by atoms with Crippen molar-refractivity contribution in [1.82, 2.24) is 0 Å². The Labute approximate surface area is 427 Å². The fourth-order valence-electron chi connectivity index (χ4n) is 11.6. The molecular weight excluding hydrogens is 909 g/mol. The van der Waals surface area contributed by atoms with E-state index in [1.54, 1.807) is 36.4 Å². The van der Waals surface area contributed by atoms with Crippen LogP contribution in [0.1, 0.15) is 95.9 Å². The van der Waals surface area contributed by atoms with Gasteiger partial charge in [-0.3, -0.25) is 0 Å². The lowest BCUT2D eigenvalue weighted by Gasteiger charge is -2.48. The van der Waals surface area contributed by atoms with Crippen LogP contribution in [0.4, 0.5) is 45.5 Å². The second-order valence-electron chi connectivity index (χ2n) is 19.9. The fourth-order valence-corrected chi connectivity index (χ4v) is 11.6. The Morgan fingerprint density at radius 2 is 0.658 bits per heavy atom. The van der Waals surface area contributed by atoms with E-state index in [2.05, 4.69) is 71.5 Å². The summed E-state index contributed by atoms with van der Waals surface area (Å²) in [7, 11) is 0. The van der Waals surface area contributed by atoms with Crippen molar-refractivity contribution in [3.05, 3.63) is 214 Å². The van der Waals surface area contributed by atoms with Crippen molar-refractivity contribution < 1.29 is 20.4 Å². The van der Waals surface area contributed by atoms with Gasteiger partial charge in [0.2, 0.25) is 0 Å². The van der Waals surface area contributed by atoms with Crippen LogP contribution in [-0.4, -0.2) is 20.4 Å². The number of aromatic hydroxyl groups is 4. The van der Waals surface area contributed by atoms with Crippen molar-refractivity contribution >= 4 is 45.5 Å². The second kappa shape index (κ2) is 20.6. The molecule has 8 aromatic carbocycles. The number of rotatable bonds is 17. The third kappa shape index (κ3) is 10.3. The van der Waals surface area contributed by atoms with Crippen LogP contribution in [-0.2, 0) is 29.1 Å². The topological polar surface area (TPSA) is 261 Å². The highest BCUT2D eigenvalue weighted by Crippen LogP contribution is 2.59. The number of nitrogens with one attached hydrogen (secondary N) is 2. The van der Waals surface area contributed by atoms with Gasteiger partial charge in [0.25, 0.3) is 0 Å². The Bertz CT molecular complexity index is 3080. The van der Waals surface area contributed by atoms with Gasteiger partial charge in [0, 0.05) is 96.9 Å². The zero-order valence-corrected chi connectivity index (χ0v) is 41.0. The van der Waals surface area contributed by atoms with Crippen LogP contribution in [0, 0.1) is 0 Å². The van der Waals surface area contributed by atoms with Crippen molar-refractivity contribution in [2.24, 2.45) is 0 Å². The number of hydrogen-bond donors (Lipinski definition) is 12. The molecule has 0 heterocycles. The summed E-state index contributed by atoms with van der Waals surface area (Å²) in [6.07, 6.45) is 7.18. The van der Waals surface area contributed by atoms with Crippen LogP contribution in [0.25, 0.3) is 0 Å². The number of benzene rings is 8. The summed E-state index contributed by atoms with van der Waals surface area (Å²) in [6, 6.07) is 53.9. The van der Waals surface area contributed by atoms with Gasteiger partial charge >= 0.3 is 0 Å². The third-order valence-electron chi connectivity index (χ3n) is 15.4. The van der Waals surface area contributed by atoms with Gasteiger partial charge in [0.05, 0.1) is 11.4 Å². The quantitative estimate of drug-likeness (QED) is 0.0300. The van der Waals surface area contributed by atoms with Crippen LogP contribution in [0.2, 0.25) is 0 Å². The van der Waals surface area contributed by atoms with Crippen molar-refractivity contribution in [2.45, 2.75) is 80.5 Å². The first kappa shape index (κ1) is 49.3. The lowest BCUT2D eigenvalue weighted by molar-refractivity contribution is 0.239. The predicted molar refractivity (Wildman–Crippen MR) is 299 cm³/mol. The van der Waals surface area contributed by atoms with Gasteiger partial charge in [-0.15, -0.1) is 0 Å². The SMILES string of the molecule is Nc1ccc(CCCC(CCCc2ccc(N)cc2)(c2ccc(N)cc2)c2ccc(NNc3ccc(C4(c5ccc(N)cc5O)CCC(c5ccc(N)cc5O)(c5ccc(N)cc5O)CC4)c(O)c3)cc2)cc1. The molecule has 0 unspecified atom stereocenters. The van der Waals surface area contributed by atoms with Crippen molar-refractivity contribution in [1.29, 1.82) is 0 Å². The third-order valence-corrected chi connectivity index (χ3v) is 15.4. The summed E-state index contributed by atoms with van der Waals surface area (Å²) in [4.78, 5) is 0. The number of hydrazine groups is 1. The molecule has 1 saturated carbocycles. The molecule has 1 fully saturated rings. The maximum atomic E-state index is 12.1. The van der Waals surface area contributed by atoms with Crippen molar-refractivity contribution in [3.63, 3.8) is 0 Å². The van der Waals surface area contributed by atoms with E-state index in [0.29, 0.717) is 70.7 Å². The van der Waals surface area contributed by atoms with Gasteiger partial charge in [0.1, 0.15) is 23.0 Å². The molecule has 8 aromatic rings. The molecule has 12 heteroatoms. The standard InChI is InChI=1S/C61H66N8O4/c62-43-13-5-39(6-14-43)3-1-29-59(41-9-17-45(64)18-10-41,30-2-4-40-7-15-44(63)16-8-40)42-11-22-49(23-12-42)68-69-50-24-28-54(58(73)38-50)61(53-27-21-48(67)37-57(53)72)33-31-60(32-34-61,51-25-19-46(65)35-55(51)70)52-26-20-47(66)36-56(52)71/h5-28,35-38,68-73H,1-4,29-34,62-67H2. The molecule has 18 N–H and O–H groups in total. The van der Waals surface area contributed by atoms with Gasteiger partial charge in [0.15, 0.2) is 0 Å². The first-order valence-electron chi connectivity index (χ1n) is 24.9. The number of hydrogen-bond acceptors (Lipinski definition) is 12. The van der Waals surface area contributed by atoms with E-state index in [0.717, 1.165) is 61.3 Å². The second-order valence-corrected chi connectivity index (χ2v) is 19.9. The maximum absolute atomic E-state index is 12.1. The van der Waals surface area contributed by atoms with E-state index >= 15 is 0 Å². The van der Waals surface area contributed by atoms with E-state index in [1.807, 2.05) is 54.6 Å². The molecule has 0 amide bonds. The molecule has 0 aromatic heterocycles. The minimum atomic E-state index is -0.902. The van der Waals surface area contributed by atoms with Gasteiger partial charge < -0.3 is 65.7 Å². The Morgan fingerprint density at radius 1 is 0.356 bits per heavy atom. The molecule has 0 saturated heterocycles. The fraction of sp³-hybridized carbons (Fsp3) is 0.213. The van der Waals surface area contributed by atoms with Gasteiger partial charge in [-0.1, -0.05) is 72.8 Å². The average molecular weight is 975 g/mol. The number of aryl methyl sites for hydroxylation is 2. The highest BCUT2D eigenvalue weighted by molar-refractivity contribution is 5.64. The smallest absolute Gasteiger partial charge is 0.121 e. The van der Waals surface area contributed by atoms with Crippen molar-refractivity contribution in [2.75, 3.05) is 45.3 Å². The van der Waals surface area contributed by atoms with E-state index in [1.165, 1.54) is 40.5 Å². The summed E-state index contributed by atoms with van der Waals surface area (Å²) < 4.78 is 0. The number of phenols is 4.